The number of aliphatic hydroxyl groups excluding tert-OH is 1. The summed E-state index contributed by atoms with van der Waals surface area (Å²) in [5.41, 5.74) is 1.74. The van der Waals surface area contributed by atoms with Crippen LogP contribution in [0.3, 0.4) is 0 Å². The van der Waals surface area contributed by atoms with E-state index in [2.05, 4.69) is 9.97 Å². The molecule has 0 amide bonds. The number of pyridine rings is 1. The summed E-state index contributed by atoms with van der Waals surface area (Å²) in [6.07, 6.45) is 2.26. The zero-order valence-corrected chi connectivity index (χ0v) is 11.8. The van der Waals surface area contributed by atoms with Gasteiger partial charge in [0.15, 0.2) is 5.65 Å². The first-order chi connectivity index (χ1) is 10.3. The number of nitrogens with zero attached hydrogens (tertiary/aromatic N) is 2. The lowest BCUT2D eigenvalue weighted by atomic mass is 10.1. The molecule has 0 radical (unpaired) electrons. The fourth-order valence-electron chi connectivity index (χ4n) is 2.36. The van der Waals surface area contributed by atoms with Gasteiger partial charge in [-0.05, 0) is 30.3 Å². The average Bonchev–Trinajstić information content (AvgIpc) is 3.09. The molecule has 0 bridgehead atoms. The van der Waals surface area contributed by atoms with E-state index in [1.165, 1.54) is 11.3 Å². The van der Waals surface area contributed by atoms with Gasteiger partial charge in [-0.1, -0.05) is 11.3 Å². The van der Waals surface area contributed by atoms with E-state index in [0.717, 1.165) is 21.8 Å². The summed E-state index contributed by atoms with van der Waals surface area (Å²) < 4.78 is 12.4. The molecule has 6 heteroatoms. The summed E-state index contributed by atoms with van der Waals surface area (Å²) in [6.45, 7) is 0.0222. The van der Waals surface area contributed by atoms with Gasteiger partial charge in [0.25, 0.3) is 5.19 Å². The van der Waals surface area contributed by atoms with E-state index < -0.39 is 0 Å². The van der Waals surface area contributed by atoms with Crippen molar-refractivity contribution in [2.45, 2.75) is 12.5 Å². The molecule has 1 aromatic carbocycles. The molecule has 1 atom stereocenters. The maximum absolute atomic E-state index is 9.15. The first-order valence-electron chi connectivity index (χ1n) is 6.61. The quantitative estimate of drug-likeness (QED) is 0.805. The lowest BCUT2D eigenvalue weighted by Gasteiger charge is -2.05. The molecule has 0 saturated heterocycles. The van der Waals surface area contributed by atoms with E-state index in [1.807, 2.05) is 30.3 Å². The molecule has 4 rings (SSSR count). The molecule has 3 heterocycles. The highest BCUT2D eigenvalue weighted by atomic mass is 32.1. The molecule has 1 aliphatic heterocycles. The van der Waals surface area contributed by atoms with Gasteiger partial charge >= 0.3 is 0 Å². The molecule has 21 heavy (non-hydrogen) atoms. The molecule has 5 nitrogen and oxygen atoms in total. The number of hydrogen-bond donors (Lipinski definition) is 1. The number of thiazole rings is 1. The van der Waals surface area contributed by atoms with Crippen molar-refractivity contribution in [2.24, 2.45) is 0 Å². The van der Waals surface area contributed by atoms with Crippen LogP contribution in [0.15, 0.2) is 36.5 Å². The Morgan fingerprint density at radius 3 is 3.19 bits per heavy atom. The minimum atomic E-state index is -0.151. The standard InChI is InChI=1S/C15H12N2O3S/c18-8-11-7-9-6-10(3-4-12(9)19-11)20-15-17-14-13(21-15)2-1-5-16-14/h1-6,11,18H,7-8H2. The molecule has 0 fully saturated rings. The van der Waals surface area contributed by atoms with Gasteiger partial charge in [0.05, 0.1) is 11.3 Å². The molecule has 0 spiro atoms. The maximum Gasteiger partial charge on any atom is 0.281 e. The van der Waals surface area contributed by atoms with Crippen molar-refractivity contribution in [3.8, 4) is 16.7 Å². The van der Waals surface area contributed by atoms with Crippen LogP contribution in [0.4, 0.5) is 0 Å². The summed E-state index contributed by atoms with van der Waals surface area (Å²) in [7, 11) is 0. The molecule has 2 aromatic heterocycles. The molecular formula is C15H12N2O3S. The van der Waals surface area contributed by atoms with E-state index in [9.17, 15) is 0 Å². The number of benzene rings is 1. The van der Waals surface area contributed by atoms with Gasteiger partial charge in [0, 0.05) is 18.2 Å². The fraction of sp³-hybridized carbons (Fsp3) is 0.200. The normalized spacial score (nSPS) is 16.7. The molecule has 106 valence electrons. The average molecular weight is 300 g/mol. The molecule has 1 unspecified atom stereocenters. The minimum absolute atomic E-state index is 0.0222. The molecule has 3 aromatic rings. The highest BCUT2D eigenvalue weighted by Crippen LogP contribution is 2.35. The van der Waals surface area contributed by atoms with Gasteiger partial charge in [-0.2, -0.15) is 4.98 Å². The van der Waals surface area contributed by atoms with Crippen molar-refractivity contribution in [1.29, 1.82) is 0 Å². The Kier molecular flexibility index (Phi) is 2.98. The number of fused-ring (bicyclic) bond motifs is 2. The van der Waals surface area contributed by atoms with Crippen LogP contribution in [-0.4, -0.2) is 27.8 Å². The van der Waals surface area contributed by atoms with Crippen LogP contribution in [0.1, 0.15) is 5.56 Å². The van der Waals surface area contributed by atoms with Crippen molar-refractivity contribution >= 4 is 21.7 Å². The van der Waals surface area contributed by atoms with E-state index in [0.29, 0.717) is 17.3 Å². The Morgan fingerprint density at radius 2 is 2.33 bits per heavy atom. The summed E-state index contributed by atoms with van der Waals surface area (Å²) in [5, 5.41) is 9.72. The Hall–Kier alpha value is -2.18. The maximum atomic E-state index is 9.15. The fourth-order valence-corrected chi connectivity index (χ4v) is 3.15. The zero-order valence-electron chi connectivity index (χ0n) is 11.0. The van der Waals surface area contributed by atoms with Gasteiger partial charge in [0.1, 0.15) is 17.6 Å². The van der Waals surface area contributed by atoms with Gasteiger partial charge in [-0.3, -0.25) is 0 Å². The Bertz CT molecular complexity index is 769. The molecule has 0 saturated carbocycles. The monoisotopic (exact) mass is 300 g/mol. The largest absolute Gasteiger partial charge is 0.487 e. The van der Waals surface area contributed by atoms with Gasteiger partial charge in [-0.25, -0.2) is 4.98 Å². The van der Waals surface area contributed by atoms with Crippen LogP contribution in [0, 0.1) is 0 Å². The third-order valence-electron chi connectivity index (χ3n) is 3.33. The summed E-state index contributed by atoms with van der Waals surface area (Å²) in [6, 6.07) is 9.50. The van der Waals surface area contributed by atoms with Crippen LogP contribution in [-0.2, 0) is 6.42 Å². The third kappa shape index (κ3) is 2.32. The topological polar surface area (TPSA) is 64.5 Å². The number of aliphatic hydroxyl groups is 1. The zero-order chi connectivity index (χ0) is 14.2. The lowest BCUT2D eigenvalue weighted by molar-refractivity contribution is 0.134. The minimum Gasteiger partial charge on any atom is -0.487 e. The smallest absolute Gasteiger partial charge is 0.281 e. The summed E-state index contributed by atoms with van der Waals surface area (Å²) in [4.78, 5) is 8.54. The Labute approximate surface area is 124 Å². The van der Waals surface area contributed by atoms with Crippen LogP contribution in [0.2, 0.25) is 0 Å². The van der Waals surface area contributed by atoms with Crippen molar-refractivity contribution in [2.75, 3.05) is 6.61 Å². The highest BCUT2D eigenvalue weighted by Gasteiger charge is 2.22. The molecular weight excluding hydrogens is 288 g/mol. The number of hydrogen-bond acceptors (Lipinski definition) is 6. The summed E-state index contributed by atoms with van der Waals surface area (Å²) >= 11 is 1.46. The van der Waals surface area contributed by atoms with Gasteiger partial charge in [-0.15, -0.1) is 0 Å². The number of ether oxygens (including phenoxy) is 2. The van der Waals surface area contributed by atoms with Gasteiger partial charge < -0.3 is 14.6 Å². The second-order valence-corrected chi connectivity index (χ2v) is 5.80. The predicted molar refractivity (Wildman–Crippen MR) is 79.1 cm³/mol. The first kappa shape index (κ1) is 12.6. The predicted octanol–water partition coefficient (Wildman–Crippen LogP) is 2.78. The van der Waals surface area contributed by atoms with Crippen molar-refractivity contribution < 1.29 is 14.6 Å². The van der Waals surface area contributed by atoms with E-state index in [-0.39, 0.29) is 12.7 Å². The Morgan fingerprint density at radius 1 is 1.38 bits per heavy atom. The summed E-state index contributed by atoms with van der Waals surface area (Å²) in [5.74, 6) is 1.53. The third-order valence-corrected chi connectivity index (χ3v) is 4.22. The van der Waals surface area contributed by atoms with Crippen molar-refractivity contribution in [3.63, 3.8) is 0 Å². The molecule has 0 aliphatic carbocycles. The van der Waals surface area contributed by atoms with E-state index in [1.54, 1.807) is 6.20 Å². The van der Waals surface area contributed by atoms with Crippen LogP contribution in [0.25, 0.3) is 10.3 Å². The van der Waals surface area contributed by atoms with Crippen LogP contribution in [0.5, 0.6) is 16.7 Å². The number of aromatic nitrogens is 2. The van der Waals surface area contributed by atoms with E-state index >= 15 is 0 Å². The molecule has 1 N–H and O–H groups in total. The van der Waals surface area contributed by atoms with Crippen LogP contribution < -0.4 is 9.47 Å². The SMILES string of the molecule is OCC1Cc2cc(Oc3nc4ncccc4s3)ccc2O1. The Balaban J connectivity index is 1.60. The van der Waals surface area contributed by atoms with Crippen LogP contribution >= 0.6 is 11.3 Å². The van der Waals surface area contributed by atoms with Gasteiger partial charge in [0.2, 0.25) is 0 Å². The van der Waals surface area contributed by atoms with Crippen molar-refractivity contribution in [1.82, 2.24) is 9.97 Å². The number of rotatable bonds is 3. The first-order valence-corrected chi connectivity index (χ1v) is 7.43. The van der Waals surface area contributed by atoms with E-state index in [4.69, 9.17) is 14.6 Å². The molecule has 1 aliphatic rings. The second-order valence-electron chi connectivity index (χ2n) is 4.80. The van der Waals surface area contributed by atoms with Crippen molar-refractivity contribution in [3.05, 3.63) is 42.1 Å². The lowest BCUT2D eigenvalue weighted by Crippen LogP contribution is -2.17. The highest BCUT2D eigenvalue weighted by molar-refractivity contribution is 7.20. The second kappa shape index (κ2) is 4.98.